The standard InChI is InChI=1S/C13H12N4/c1-9-7-13(17-6-2-5-15-17)11-8-10(14)3-4-12(11)16-9/h2-8H,14H2,1H3. The number of hydrogen-bond acceptors (Lipinski definition) is 3. The average Bonchev–Trinajstić information content (AvgIpc) is 2.82. The molecule has 4 nitrogen and oxygen atoms in total. The number of nitrogen functional groups attached to an aromatic ring is 1. The number of anilines is 1. The molecule has 0 amide bonds. The van der Waals surface area contributed by atoms with Gasteiger partial charge in [-0.3, -0.25) is 4.98 Å². The Morgan fingerprint density at radius 1 is 1.24 bits per heavy atom. The summed E-state index contributed by atoms with van der Waals surface area (Å²) >= 11 is 0. The van der Waals surface area contributed by atoms with Crippen LogP contribution in [-0.2, 0) is 0 Å². The third-order valence-electron chi connectivity index (χ3n) is 2.69. The van der Waals surface area contributed by atoms with Gasteiger partial charge in [0.1, 0.15) is 0 Å². The second kappa shape index (κ2) is 3.59. The van der Waals surface area contributed by atoms with Gasteiger partial charge in [-0.25, -0.2) is 4.68 Å². The van der Waals surface area contributed by atoms with Crippen LogP contribution in [0.1, 0.15) is 5.69 Å². The molecule has 0 saturated carbocycles. The lowest BCUT2D eigenvalue weighted by Gasteiger charge is -2.08. The summed E-state index contributed by atoms with van der Waals surface area (Å²) in [5.74, 6) is 0. The van der Waals surface area contributed by atoms with Gasteiger partial charge in [0.25, 0.3) is 0 Å². The first kappa shape index (κ1) is 9.84. The third-order valence-corrected chi connectivity index (χ3v) is 2.69. The summed E-state index contributed by atoms with van der Waals surface area (Å²) < 4.78 is 1.83. The molecule has 0 radical (unpaired) electrons. The fourth-order valence-electron chi connectivity index (χ4n) is 1.96. The minimum absolute atomic E-state index is 0.733. The number of nitrogens with two attached hydrogens (primary N) is 1. The van der Waals surface area contributed by atoms with E-state index in [0.717, 1.165) is 28.0 Å². The fourth-order valence-corrected chi connectivity index (χ4v) is 1.96. The molecule has 0 aliphatic carbocycles. The number of rotatable bonds is 1. The monoisotopic (exact) mass is 224 g/mol. The Balaban J connectivity index is 2.39. The predicted octanol–water partition coefficient (Wildman–Crippen LogP) is 2.31. The zero-order chi connectivity index (χ0) is 11.8. The molecule has 84 valence electrons. The average molecular weight is 224 g/mol. The highest BCUT2D eigenvalue weighted by Crippen LogP contribution is 2.23. The lowest BCUT2D eigenvalue weighted by atomic mass is 10.1. The molecule has 0 unspecified atom stereocenters. The molecular weight excluding hydrogens is 212 g/mol. The Morgan fingerprint density at radius 2 is 2.12 bits per heavy atom. The molecule has 2 aromatic heterocycles. The van der Waals surface area contributed by atoms with Crippen LogP contribution in [0.25, 0.3) is 16.6 Å². The van der Waals surface area contributed by atoms with E-state index in [2.05, 4.69) is 10.1 Å². The van der Waals surface area contributed by atoms with Gasteiger partial charge < -0.3 is 5.73 Å². The van der Waals surface area contributed by atoms with Crippen LogP contribution >= 0.6 is 0 Å². The van der Waals surface area contributed by atoms with Crippen molar-refractivity contribution in [3.8, 4) is 5.69 Å². The van der Waals surface area contributed by atoms with Crippen molar-refractivity contribution in [2.24, 2.45) is 0 Å². The van der Waals surface area contributed by atoms with E-state index in [4.69, 9.17) is 5.73 Å². The molecule has 4 heteroatoms. The van der Waals surface area contributed by atoms with E-state index < -0.39 is 0 Å². The van der Waals surface area contributed by atoms with E-state index in [9.17, 15) is 0 Å². The van der Waals surface area contributed by atoms with Crippen LogP contribution in [0.4, 0.5) is 5.69 Å². The maximum absolute atomic E-state index is 5.83. The largest absolute Gasteiger partial charge is 0.399 e. The van der Waals surface area contributed by atoms with Crippen molar-refractivity contribution in [1.82, 2.24) is 14.8 Å². The molecule has 0 spiro atoms. The highest BCUT2D eigenvalue weighted by atomic mass is 15.3. The van der Waals surface area contributed by atoms with Crippen molar-refractivity contribution >= 4 is 16.6 Å². The minimum Gasteiger partial charge on any atom is -0.399 e. The Labute approximate surface area is 98.7 Å². The Morgan fingerprint density at radius 3 is 2.88 bits per heavy atom. The first-order valence-electron chi connectivity index (χ1n) is 5.41. The van der Waals surface area contributed by atoms with Gasteiger partial charge in [-0.2, -0.15) is 5.10 Å². The first-order valence-corrected chi connectivity index (χ1v) is 5.41. The molecule has 0 atom stereocenters. The second-order valence-corrected chi connectivity index (χ2v) is 4.01. The zero-order valence-electron chi connectivity index (χ0n) is 9.46. The van der Waals surface area contributed by atoms with Gasteiger partial charge >= 0.3 is 0 Å². The predicted molar refractivity (Wildman–Crippen MR) is 68.0 cm³/mol. The van der Waals surface area contributed by atoms with Gasteiger partial charge in [0, 0.05) is 29.2 Å². The number of benzene rings is 1. The van der Waals surface area contributed by atoms with Crippen molar-refractivity contribution < 1.29 is 0 Å². The van der Waals surface area contributed by atoms with E-state index in [1.807, 2.05) is 48.1 Å². The third kappa shape index (κ3) is 1.63. The van der Waals surface area contributed by atoms with Gasteiger partial charge in [0.05, 0.1) is 11.2 Å². The Kier molecular flexibility index (Phi) is 2.08. The van der Waals surface area contributed by atoms with Crippen molar-refractivity contribution in [3.63, 3.8) is 0 Å². The second-order valence-electron chi connectivity index (χ2n) is 4.01. The fraction of sp³-hybridized carbons (Fsp3) is 0.0769. The first-order chi connectivity index (χ1) is 8.24. The molecule has 2 heterocycles. The van der Waals surface area contributed by atoms with Crippen LogP contribution in [-0.4, -0.2) is 14.8 Å². The molecule has 1 aromatic carbocycles. The summed E-state index contributed by atoms with van der Waals surface area (Å²) in [4.78, 5) is 4.49. The summed E-state index contributed by atoms with van der Waals surface area (Å²) in [6.45, 7) is 1.97. The Bertz CT molecular complexity index is 671. The number of fused-ring (bicyclic) bond motifs is 1. The molecule has 0 bridgehead atoms. The lowest BCUT2D eigenvalue weighted by molar-refractivity contribution is 0.884. The molecule has 3 aromatic rings. The summed E-state index contributed by atoms with van der Waals surface area (Å²) in [5, 5.41) is 5.27. The van der Waals surface area contributed by atoms with Crippen LogP contribution in [0.2, 0.25) is 0 Å². The molecule has 2 N–H and O–H groups in total. The lowest BCUT2D eigenvalue weighted by Crippen LogP contribution is -1.99. The zero-order valence-corrected chi connectivity index (χ0v) is 9.46. The number of hydrogen-bond donors (Lipinski definition) is 1. The normalized spacial score (nSPS) is 10.9. The van der Waals surface area contributed by atoms with Crippen LogP contribution in [0.5, 0.6) is 0 Å². The molecular formula is C13H12N4. The van der Waals surface area contributed by atoms with E-state index in [-0.39, 0.29) is 0 Å². The van der Waals surface area contributed by atoms with Gasteiger partial charge in [0.2, 0.25) is 0 Å². The number of aryl methyl sites for hydroxylation is 1. The molecule has 0 saturated heterocycles. The SMILES string of the molecule is Cc1cc(-n2cccn2)c2cc(N)ccc2n1. The molecule has 0 aliphatic rings. The van der Waals surface area contributed by atoms with Crippen LogP contribution in [0.3, 0.4) is 0 Å². The molecule has 0 fully saturated rings. The number of aromatic nitrogens is 3. The smallest absolute Gasteiger partial charge is 0.0758 e. The Hall–Kier alpha value is -2.36. The molecule has 17 heavy (non-hydrogen) atoms. The highest BCUT2D eigenvalue weighted by molar-refractivity contribution is 5.89. The maximum Gasteiger partial charge on any atom is 0.0758 e. The van der Waals surface area contributed by atoms with Crippen LogP contribution < -0.4 is 5.73 Å². The van der Waals surface area contributed by atoms with Gasteiger partial charge in [-0.1, -0.05) is 0 Å². The van der Waals surface area contributed by atoms with Gasteiger partial charge in [-0.05, 0) is 37.3 Å². The van der Waals surface area contributed by atoms with E-state index in [1.54, 1.807) is 6.20 Å². The highest BCUT2D eigenvalue weighted by Gasteiger charge is 2.06. The van der Waals surface area contributed by atoms with Crippen LogP contribution in [0.15, 0.2) is 42.7 Å². The summed E-state index contributed by atoms with van der Waals surface area (Å²) in [7, 11) is 0. The van der Waals surface area contributed by atoms with Crippen molar-refractivity contribution in [3.05, 3.63) is 48.4 Å². The summed E-state index contributed by atoms with van der Waals surface area (Å²) in [5.41, 5.74) is 9.46. The minimum atomic E-state index is 0.733. The maximum atomic E-state index is 5.83. The van der Waals surface area contributed by atoms with Crippen molar-refractivity contribution in [2.45, 2.75) is 6.92 Å². The molecule has 0 aliphatic heterocycles. The van der Waals surface area contributed by atoms with E-state index in [0.29, 0.717) is 0 Å². The van der Waals surface area contributed by atoms with E-state index in [1.165, 1.54) is 0 Å². The molecule has 3 rings (SSSR count). The summed E-state index contributed by atoms with van der Waals surface area (Å²) in [6, 6.07) is 9.63. The number of pyridine rings is 1. The topological polar surface area (TPSA) is 56.7 Å². The number of nitrogens with zero attached hydrogens (tertiary/aromatic N) is 3. The van der Waals surface area contributed by atoms with Crippen LogP contribution in [0, 0.1) is 6.92 Å². The quantitative estimate of drug-likeness (QED) is 0.645. The van der Waals surface area contributed by atoms with Crippen molar-refractivity contribution in [1.29, 1.82) is 0 Å². The van der Waals surface area contributed by atoms with Crippen molar-refractivity contribution in [2.75, 3.05) is 5.73 Å². The summed E-state index contributed by atoms with van der Waals surface area (Å²) in [6.07, 6.45) is 3.67. The van der Waals surface area contributed by atoms with Gasteiger partial charge in [-0.15, -0.1) is 0 Å². The van der Waals surface area contributed by atoms with E-state index >= 15 is 0 Å². The van der Waals surface area contributed by atoms with Gasteiger partial charge in [0.15, 0.2) is 0 Å².